The van der Waals surface area contributed by atoms with Crippen LogP contribution in [-0.4, -0.2) is 68.2 Å². The average molecular weight is 450 g/mol. The highest BCUT2D eigenvalue weighted by molar-refractivity contribution is 5.94. The number of ether oxygens (including phenoxy) is 1. The zero-order chi connectivity index (χ0) is 21.1. The number of benzene rings is 1. The van der Waals surface area contributed by atoms with E-state index in [0.29, 0.717) is 18.4 Å². The second-order valence-corrected chi connectivity index (χ2v) is 9.17. The standard InChI is InChI=1S/C24H35N3O3.ClH/c1-25-13-11-19-6-9-22(17-20(19)12-14-25)27-16-15-26(24(27)29)21-7-3-18(4-8-21)5-10-23(28)30-2;/h6,9,17-18,21H,3-5,7-8,10-16H2,1-2H3;1H/t18-,21-;. The van der Waals surface area contributed by atoms with E-state index in [0.717, 1.165) is 76.8 Å². The van der Waals surface area contributed by atoms with Gasteiger partial charge in [0.2, 0.25) is 0 Å². The summed E-state index contributed by atoms with van der Waals surface area (Å²) in [4.78, 5) is 31.0. The summed E-state index contributed by atoms with van der Waals surface area (Å²) in [7, 11) is 3.63. The minimum atomic E-state index is -0.116. The molecule has 0 unspecified atom stereocenters. The number of likely N-dealkylation sites (N-methyl/N-ethyl adjacent to an activating group) is 1. The maximum atomic E-state index is 13.2. The molecule has 1 aromatic rings. The molecule has 1 aromatic carbocycles. The lowest BCUT2D eigenvalue weighted by Gasteiger charge is -2.34. The monoisotopic (exact) mass is 449 g/mol. The number of methoxy groups -OCH3 is 1. The number of rotatable bonds is 5. The molecule has 1 aliphatic carbocycles. The van der Waals surface area contributed by atoms with E-state index in [9.17, 15) is 9.59 Å². The Morgan fingerprint density at radius 2 is 1.74 bits per heavy atom. The quantitative estimate of drug-likeness (QED) is 0.640. The Morgan fingerprint density at radius 1 is 1.03 bits per heavy atom. The number of hydrogen-bond donors (Lipinski definition) is 0. The third-order valence-electron chi connectivity index (χ3n) is 7.31. The number of hydrogen-bond acceptors (Lipinski definition) is 4. The summed E-state index contributed by atoms with van der Waals surface area (Å²) in [5.74, 6) is 0.465. The zero-order valence-electron chi connectivity index (χ0n) is 18.8. The third-order valence-corrected chi connectivity index (χ3v) is 7.31. The van der Waals surface area contributed by atoms with E-state index in [1.54, 1.807) is 0 Å². The van der Waals surface area contributed by atoms with Crippen molar-refractivity contribution in [3.05, 3.63) is 29.3 Å². The first-order valence-corrected chi connectivity index (χ1v) is 11.5. The maximum Gasteiger partial charge on any atom is 0.324 e. The number of carbonyl (C=O) groups excluding carboxylic acids is 2. The predicted octanol–water partition coefficient (Wildman–Crippen LogP) is 3.89. The summed E-state index contributed by atoms with van der Waals surface area (Å²) in [6.45, 7) is 3.77. The van der Waals surface area contributed by atoms with Crippen LogP contribution in [-0.2, 0) is 22.4 Å². The van der Waals surface area contributed by atoms with Crippen LogP contribution in [0, 0.1) is 5.92 Å². The zero-order valence-corrected chi connectivity index (χ0v) is 19.7. The van der Waals surface area contributed by atoms with E-state index in [1.807, 2.05) is 4.90 Å². The molecule has 0 aromatic heterocycles. The molecule has 6 nitrogen and oxygen atoms in total. The van der Waals surface area contributed by atoms with Crippen LogP contribution in [0.15, 0.2) is 18.2 Å². The van der Waals surface area contributed by atoms with Gasteiger partial charge in [0, 0.05) is 44.3 Å². The maximum absolute atomic E-state index is 13.2. The van der Waals surface area contributed by atoms with Crippen LogP contribution < -0.4 is 4.90 Å². The Bertz CT molecular complexity index is 779. The topological polar surface area (TPSA) is 53.1 Å². The largest absolute Gasteiger partial charge is 0.469 e. The van der Waals surface area contributed by atoms with Gasteiger partial charge in [-0.25, -0.2) is 4.79 Å². The summed E-state index contributed by atoms with van der Waals surface area (Å²) >= 11 is 0. The fourth-order valence-corrected chi connectivity index (χ4v) is 5.29. The lowest BCUT2D eigenvalue weighted by Crippen LogP contribution is -2.41. The van der Waals surface area contributed by atoms with Crippen molar-refractivity contribution in [2.45, 2.75) is 57.4 Å². The normalized spacial score (nSPS) is 24.4. The number of fused-ring (bicyclic) bond motifs is 1. The Hall–Kier alpha value is -1.79. The number of esters is 1. The highest BCUT2D eigenvalue weighted by atomic mass is 35.5. The highest BCUT2D eigenvalue weighted by Crippen LogP contribution is 2.33. The minimum absolute atomic E-state index is 0. The van der Waals surface area contributed by atoms with Crippen molar-refractivity contribution in [2.75, 3.05) is 45.2 Å². The first-order valence-electron chi connectivity index (χ1n) is 11.5. The van der Waals surface area contributed by atoms with Crippen LogP contribution in [0.4, 0.5) is 10.5 Å². The Balaban J connectivity index is 0.00000272. The fraction of sp³-hybridized carbons (Fsp3) is 0.667. The van der Waals surface area contributed by atoms with Gasteiger partial charge in [0.25, 0.3) is 0 Å². The smallest absolute Gasteiger partial charge is 0.324 e. The van der Waals surface area contributed by atoms with Crippen LogP contribution >= 0.6 is 12.4 Å². The molecule has 31 heavy (non-hydrogen) atoms. The van der Waals surface area contributed by atoms with E-state index in [1.165, 1.54) is 18.2 Å². The number of urea groups is 1. The molecule has 2 heterocycles. The molecule has 1 saturated heterocycles. The lowest BCUT2D eigenvalue weighted by molar-refractivity contribution is -0.141. The van der Waals surface area contributed by atoms with Gasteiger partial charge in [-0.15, -0.1) is 12.4 Å². The van der Waals surface area contributed by atoms with Crippen molar-refractivity contribution < 1.29 is 14.3 Å². The van der Waals surface area contributed by atoms with Crippen molar-refractivity contribution in [3.8, 4) is 0 Å². The first-order chi connectivity index (χ1) is 14.5. The van der Waals surface area contributed by atoms with Gasteiger partial charge in [0.15, 0.2) is 0 Å². The molecular formula is C24H36ClN3O3. The molecule has 0 N–H and O–H groups in total. The first kappa shape index (κ1) is 23.9. The summed E-state index contributed by atoms with van der Waals surface area (Å²) in [5, 5.41) is 0. The van der Waals surface area contributed by atoms with Crippen molar-refractivity contribution in [3.63, 3.8) is 0 Å². The SMILES string of the molecule is COC(=O)CC[C@H]1CC[C@H](N2CCN(c3ccc4c(c3)CCN(C)CC4)C2=O)CC1.Cl. The Kier molecular flexibility index (Phi) is 8.23. The van der Waals surface area contributed by atoms with E-state index in [2.05, 4.69) is 35.0 Å². The highest BCUT2D eigenvalue weighted by Gasteiger charge is 2.36. The van der Waals surface area contributed by atoms with Gasteiger partial charge in [0.1, 0.15) is 0 Å². The van der Waals surface area contributed by atoms with Gasteiger partial charge in [-0.2, -0.15) is 0 Å². The van der Waals surface area contributed by atoms with Crippen LogP contribution in [0.1, 0.15) is 49.7 Å². The molecular weight excluding hydrogens is 414 g/mol. The molecule has 7 heteroatoms. The number of carbonyl (C=O) groups is 2. The average Bonchev–Trinajstić information content (AvgIpc) is 3.05. The van der Waals surface area contributed by atoms with Crippen molar-refractivity contribution in [2.24, 2.45) is 5.92 Å². The van der Waals surface area contributed by atoms with E-state index in [-0.39, 0.29) is 24.4 Å². The van der Waals surface area contributed by atoms with Gasteiger partial charge in [-0.05, 0) is 81.2 Å². The van der Waals surface area contributed by atoms with Gasteiger partial charge in [-0.1, -0.05) is 6.07 Å². The second-order valence-electron chi connectivity index (χ2n) is 9.17. The predicted molar refractivity (Wildman–Crippen MR) is 125 cm³/mol. The molecule has 172 valence electrons. The van der Waals surface area contributed by atoms with Gasteiger partial charge < -0.3 is 14.5 Å². The van der Waals surface area contributed by atoms with E-state index in [4.69, 9.17) is 4.74 Å². The number of amides is 2. The fourth-order valence-electron chi connectivity index (χ4n) is 5.29. The Labute approximate surface area is 192 Å². The summed E-state index contributed by atoms with van der Waals surface area (Å²) in [6.07, 6.45) is 7.84. The molecule has 0 radical (unpaired) electrons. The number of anilines is 1. The molecule has 3 aliphatic rings. The minimum Gasteiger partial charge on any atom is -0.469 e. The van der Waals surface area contributed by atoms with Gasteiger partial charge in [-0.3, -0.25) is 9.69 Å². The van der Waals surface area contributed by atoms with Crippen LogP contribution in [0.25, 0.3) is 0 Å². The molecule has 2 fully saturated rings. The third kappa shape index (κ3) is 5.53. The second kappa shape index (κ2) is 10.7. The lowest BCUT2D eigenvalue weighted by atomic mass is 9.83. The molecule has 1 saturated carbocycles. The molecule has 4 rings (SSSR count). The van der Waals surface area contributed by atoms with Crippen LogP contribution in [0.5, 0.6) is 0 Å². The Morgan fingerprint density at radius 3 is 2.45 bits per heavy atom. The van der Waals surface area contributed by atoms with Crippen molar-refractivity contribution in [1.29, 1.82) is 0 Å². The van der Waals surface area contributed by atoms with Crippen LogP contribution in [0.3, 0.4) is 0 Å². The molecule has 0 atom stereocenters. The molecule has 2 amide bonds. The molecule has 2 aliphatic heterocycles. The summed E-state index contributed by atoms with van der Waals surface area (Å²) < 4.78 is 4.76. The summed E-state index contributed by atoms with van der Waals surface area (Å²) in [6, 6.07) is 7.12. The van der Waals surface area contributed by atoms with Gasteiger partial charge >= 0.3 is 12.0 Å². The van der Waals surface area contributed by atoms with E-state index >= 15 is 0 Å². The van der Waals surface area contributed by atoms with E-state index < -0.39 is 0 Å². The number of nitrogens with zero attached hydrogens (tertiary/aromatic N) is 3. The van der Waals surface area contributed by atoms with Crippen LogP contribution in [0.2, 0.25) is 0 Å². The van der Waals surface area contributed by atoms with Gasteiger partial charge in [0.05, 0.1) is 7.11 Å². The van der Waals surface area contributed by atoms with Crippen molar-refractivity contribution in [1.82, 2.24) is 9.80 Å². The molecule has 0 bridgehead atoms. The van der Waals surface area contributed by atoms with Crippen molar-refractivity contribution >= 4 is 30.1 Å². The summed E-state index contributed by atoms with van der Waals surface area (Å²) in [5.41, 5.74) is 3.88. The molecule has 0 spiro atoms. The number of halogens is 1.